The number of H-pyrrole nitrogens is 1. The van der Waals surface area contributed by atoms with Crippen LogP contribution in [0.4, 0.5) is 5.95 Å². The maximum Gasteiger partial charge on any atom is 0.459 e. The Balaban J connectivity index is 1.32. The van der Waals surface area contributed by atoms with Crippen molar-refractivity contribution in [2.75, 3.05) is 12.3 Å². The molecular formula is C26H34ClN6O8P. The highest BCUT2D eigenvalue weighted by Crippen LogP contribution is 2.48. The minimum absolute atomic E-state index is 0.00789. The van der Waals surface area contributed by atoms with Gasteiger partial charge in [0.05, 0.1) is 12.9 Å². The van der Waals surface area contributed by atoms with Gasteiger partial charge in [-0.1, -0.05) is 24.6 Å². The Hall–Kier alpha value is -3.00. The van der Waals surface area contributed by atoms with Gasteiger partial charge in [-0.05, 0) is 51.7 Å². The number of aliphatic hydroxyl groups is 1. The van der Waals surface area contributed by atoms with Crippen molar-refractivity contribution >= 4 is 42.4 Å². The second kappa shape index (κ2) is 12.3. The van der Waals surface area contributed by atoms with Crippen molar-refractivity contribution in [1.29, 1.82) is 0 Å². The van der Waals surface area contributed by atoms with Crippen LogP contribution in [-0.4, -0.2) is 66.4 Å². The number of para-hydroxylation sites is 1. The first kappa shape index (κ1) is 30.5. The van der Waals surface area contributed by atoms with Gasteiger partial charge in [0.15, 0.2) is 17.4 Å². The fourth-order valence-corrected chi connectivity index (χ4v) is 6.89. The summed E-state index contributed by atoms with van der Waals surface area (Å²) in [6.07, 6.45) is 2.25. The molecule has 0 spiro atoms. The van der Waals surface area contributed by atoms with E-state index >= 15 is 0 Å². The van der Waals surface area contributed by atoms with Crippen LogP contribution in [0.25, 0.3) is 11.2 Å². The zero-order chi connectivity index (χ0) is 30.1. The number of nitrogens with two attached hydrogens (primary N) is 1. The number of fused-ring (bicyclic) bond motifs is 1. The SMILES string of the molecule is CC(NP(=O)(OC[C@H]1O[C@@H](n2cnc3c(=O)[nH]c(N)nc32)[C@](C)(Cl)[C@@H]1O)Oc1ccccc1)C(=O)OC1CCCCC1. The standard InChI is InChI=1S/C26H34ClN6O8P/c1-15(23(36)39-16-9-5-3-6-10-16)32-42(37,41-17-11-7-4-8-12-17)38-13-18-20(34)26(2,27)24(40-18)33-14-29-19-21(33)30-25(28)31-22(19)35/h4,7-8,11-12,14-16,18,20,24,34H,3,5-6,9-10,13H2,1-2H3,(H,32,37)(H3,28,30,31,35)/t15?,18-,20-,24-,26-,42?/m1/s1. The number of aromatic amines is 1. The summed E-state index contributed by atoms with van der Waals surface area (Å²) in [7, 11) is -4.24. The van der Waals surface area contributed by atoms with Crippen molar-refractivity contribution in [2.24, 2.45) is 0 Å². The van der Waals surface area contributed by atoms with E-state index in [4.69, 9.17) is 35.9 Å². The number of ether oxygens (including phenoxy) is 2. The Bertz CT molecular complexity index is 1510. The summed E-state index contributed by atoms with van der Waals surface area (Å²) in [6.45, 7) is 2.60. The van der Waals surface area contributed by atoms with E-state index in [1.165, 1.54) is 24.7 Å². The molecule has 14 nitrogen and oxygen atoms in total. The van der Waals surface area contributed by atoms with Gasteiger partial charge in [0.2, 0.25) is 5.95 Å². The van der Waals surface area contributed by atoms with Gasteiger partial charge in [-0.2, -0.15) is 10.1 Å². The van der Waals surface area contributed by atoms with Crippen LogP contribution >= 0.6 is 19.3 Å². The number of hydrogen-bond acceptors (Lipinski definition) is 11. The molecule has 1 saturated carbocycles. The second-order valence-corrected chi connectivity index (χ2v) is 13.2. The third-order valence-corrected chi connectivity index (χ3v) is 9.39. The van der Waals surface area contributed by atoms with Crippen LogP contribution in [0.5, 0.6) is 5.75 Å². The third kappa shape index (κ3) is 6.48. The normalized spacial score (nSPS) is 27.0. The van der Waals surface area contributed by atoms with E-state index < -0.39 is 55.2 Å². The first-order valence-corrected chi connectivity index (χ1v) is 15.6. The van der Waals surface area contributed by atoms with Gasteiger partial charge in [0.1, 0.15) is 35.0 Å². The number of imidazole rings is 1. The lowest BCUT2D eigenvalue weighted by Gasteiger charge is -2.27. The molecule has 2 fully saturated rings. The predicted molar refractivity (Wildman–Crippen MR) is 153 cm³/mol. The van der Waals surface area contributed by atoms with E-state index in [2.05, 4.69) is 20.0 Å². The number of carbonyl (C=O) groups is 1. The summed E-state index contributed by atoms with van der Waals surface area (Å²) < 4.78 is 38.5. The first-order chi connectivity index (χ1) is 20.0. The highest BCUT2D eigenvalue weighted by atomic mass is 35.5. The van der Waals surface area contributed by atoms with Crippen molar-refractivity contribution < 1.29 is 33.0 Å². The van der Waals surface area contributed by atoms with Crippen LogP contribution in [-0.2, 0) is 23.4 Å². The van der Waals surface area contributed by atoms with Crippen LogP contribution in [0.15, 0.2) is 41.5 Å². The number of nitrogens with zero attached hydrogens (tertiary/aromatic N) is 3. The molecule has 5 N–H and O–H groups in total. The van der Waals surface area contributed by atoms with Gasteiger partial charge in [-0.25, -0.2) is 9.55 Å². The molecule has 1 aromatic carbocycles. The number of nitrogen functional groups attached to an aromatic ring is 1. The molecule has 2 unspecified atom stereocenters. The van der Waals surface area contributed by atoms with Crippen LogP contribution < -0.4 is 20.9 Å². The minimum Gasteiger partial charge on any atom is -0.461 e. The van der Waals surface area contributed by atoms with Gasteiger partial charge >= 0.3 is 13.7 Å². The lowest BCUT2D eigenvalue weighted by molar-refractivity contribution is -0.152. The average molecular weight is 625 g/mol. The van der Waals surface area contributed by atoms with E-state index in [0.29, 0.717) is 0 Å². The number of nitrogens with one attached hydrogen (secondary N) is 2. The molecule has 16 heteroatoms. The summed E-state index contributed by atoms with van der Waals surface area (Å²) in [5.74, 6) is -0.486. The molecule has 1 aliphatic carbocycles. The number of aliphatic hydroxyl groups excluding tert-OH is 1. The van der Waals surface area contributed by atoms with Crippen molar-refractivity contribution in [1.82, 2.24) is 24.6 Å². The number of alkyl halides is 1. The summed E-state index contributed by atoms with van der Waals surface area (Å²) >= 11 is 6.75. The van der Waals surface area contributed by atoms with E-state index in [1.807, 2.05) is 0 Å². The maximum absolute atomic E-state index is 14.0. The van der Waals surface area contributed by atoms with E-state index in [9.17, 15) is 19.3 Å². The molecule has 0 bridgehead atoms. The minimum atomic E-state index is -4.24. The van der Waals surface area contributed by atoms with Crippen molar-refractivity contribution in [2.45, 2.75) is 81.4 Å². The Kier molecular flexibility index (Phi) is 8.93. The number of halogens is 1. The third-order valence-electron chi connectivity index (χ3n) is 7.34. The molecule has 0 radical (unpaired) electrons. The number of anilines is 1. The molecular weight excluding hydrogens is 591 g/mol. The lowest BCUT2D eigenvalue weighted by atomic mass is 9.98. The molecule has 3 aromatic rings. The highest BCUT2D eigenvalue weighted by Gasteiger charge is 2.54. The number of esters is 1. The Labute approximate surface area is 246 Å². The van der Waals surface area contributed by atoms with Gasteiger partial charge in [-0.3, -0.25) is 23.7 Å². The summed E-state index contributed by atoms with van der Waals surface area (Å²) in [4.78, 5) is 34.2. The van der Waals surface area contributed by atoms with Crippen LogP contribution in [0.1, 0.15) is 52.2 Å². The molecule has 228 valence electrons. The monoisotopic (exact) mass is 624 g/mol. The molecule has 3 heterocycles. The van der Waals surface area contributed by atoms with Gasteiger partial charge in [0.25, 0.3) is 5.56 Å². The molecule has 0 amide bonds. The summed E-state index contributed by atoms with van der Waals surface area (Å²) in [5.41, 5.74) is 5.27. The van der Waals surface area contributed by atoms with E-state index in [1.54, 1.807) is 30.3 Å². The number of hydrogen-bond donors (Lipinski definition) is 4. The number of benzene rings is 1. The zero-order valence-corrected chi connectivity index (χ0v) is 24.8. The summed E-state index contributed by atoms with van der Waals surface area (Å²) in [5, 5.41) is 13.8. The second-order valence-electron chi connectivity index (χ2n) is 10.6. The molecule has 6 atom stereocenters. The van der Waals surface area contributed by atoms with Gasteiger partial charge in [-0.15, -0.1) is 11.6 Å². The van der Waals surface area contributed by atoms with Crippen molar-refractivity contribution in [3.05, 3.63) is 47.0 Å². The molecule has 2 aromatic heterocycles. The van der Waals surface area contributed by atoms with Gasteiger partial charge in [0, 0.05) is 0 Å². The molecule has 5 rings (SSSR count). The highest BCUT2D eigenvalue weighted by molar-refractivity contribution is 7.52. The number of carbonyl (C=O) groups excluding carboxylic acids is 1. The molecule has 42 heavy (non-hydrogen) atoms. The predicted octanol–water partition coefficient (Wildman–Crippen LogP) is 3.02. The average Bonchev–Trinajstić information content (AvgIpc) is 3.46. The Morgan fingerprint density at radius 2 is 2.05 bits per heavy atom. The quantitative estimate of drug-likeness (QED) is 0.147. The number of rotatable bonds is 10. The molecule has 2 aliphatic rings. The first-order valence-electron chi connectivity index (χ1n) is 13.7. The van der Waals surface area contributed by atoms with Crippen LogP contribution in [0.2, 0.25) is 0 Å². The topological polar surface area (TPSA) is 193 Å². The summed E-state index contributed by atoms with van der Waals surface area (Å²) in [6, 6.07) is 7.27. The van der Waals surface area contributed by atoms with Gasteiger partial charge < -0.3 is 24.8 Å². The fourth-order valence-electron chi connectivity index (χ4n) is 5.09. The largest absolute Gasteiger partial charge is 0.461 e. The van der Waals surface area contributed by atoms with Crippen molar-refractivity contribution in [3.8, 4) is 5.75 Å². The van der Waals surface area contributed by atoms with Crippen LogP contribution in [0, 0.1) is 0 Å². The van der Waals surface area contributed by atoms with E-state index in [0.717, 1.165) is 32.1 Å². The van der Waals surface area contributed by atoms with Crippen LogP contribution in [0.3, 0.4) is 0 Å². The van der Waals surface area contributed by atoms with E-state index in [-0.39, 0.29) is 29.0 Å². The number of aromatic nitrogens is 4. The Morgan fingerprint density at radius 1 is 1.33 bits per heavy atom. The smallest absolute Gasteiger partial charge is 0.459 e. The van der Waals surface area contributed by atoms with Crippen molar-refractivity contribution in [3.63, 3.8) is 0 Å². The molecule has 1 saturated heterocycles. The Morgan fingerprint density at radius 3 is 2.76 bits per heavy atom. The maximum atomic E-state index is 14.0. The fraction of sp³-hybridized carbons (Fsp3) is 0.538. The molecule has 1 aliphatic heterocycles. The zero-order valence-electron chi connectivity index (χ0n) is 23.1. The lowest BCUT2D eigenvalue weighted by Crippen LogP contribution is -2.41.